The number of nitrogens with one attached hydrogen (secondary N) is 1. The Labute approximate surface area is 139 Å². The van der Waals surface area contributed by atoms with Crippen molar-refractivity contribution in [1.82, 2.24) is 5.32 Å². The van der Waals surface area contributed by atoms with Gasteiger partial charge in [-0.25, -0.2) is 4.79 Å². The second-order valence-corrected chi connectivity index (χ2v) is 5.86. The van der Waals surface area contributed by atoms with E-state index < -0.39 is 6.09 Å². The molecule has 1 amide bonds. The van der Waals surface area contributed by atoms with Crippen LogP contribution in [0.3, 0.4) is 0 Å². The molecule has 2 rings (SSSR count). The number of benzene rings is 1. The van der Waals surface area contributed by atoms with Crippen molar-refractivity contribution in [2.75, 3.05) is 6.54 Å². The zero-order valence-electron chi connectivity index (χ0n) is 13.0. The van der Waals surface area contributed by atoms with Crippen molar-refractivity contribution in [1.29, 1.82) is 0 Å². The van der Waals surface area contributed by atoms with Crippen molar-refractivity contribution in [2.24, 2.45) is 0 Å². The number of ketones is 1. The third kappa shape index (κ3) is 5.71. The molecule has 23 heavy (non-hydrogen) atoms. The molecule has 0 saturated carbocycles. The smallest absolute Gasteiger partial charge is 0.407 e. The summed E-state index contributed by atoms with van der Waals surface area (Å²) in [5.41, 5.74) is 1.88. The van der Waals surface area contributed by atoms with E-state index in [0.29, 0.717) is 13.0 Å². The zero-order valence-corrected chi connectivity index (χ0v) is 13.8. The van der Waals surface area contributed by atoms with Gasteiger partial charge in [0.25, 0.3) is 0 Å². The summed E-state index contributed by atoms with van der Waals surface area (Å²) >= 11 is 1.44. The van der Waals surface area contributed by atoms with Crippen LogP contribution in [0.1, 0.15) is 34.1 Å². The van der Waals surface area contributed by atoms with E-state index >= 15 is 0 Å². The van der Waals surface area contributed by atoms with Gasteiger partial charge in [-0.2, -0.15) is 0 Å². The third-order valence-electron chi connectivity index (χ3n) is 3.11. The average molecular weight is 329 g/mol. The quantitative estimate of drug-likeness (QED) is 0.609. The van der Waals surface area contributed by atoms with Gasteiger partial charge in [-0.15, -0.1) is 11.3 Å². The van der Waals surface area contributed by atoms with Crippen LogP contribution >= 0.6 is 11.3 Å². The number of carbonyl (C=O) groups excluding carboxylic acids is 2. The Kier molecular flexibility index (Phi) is 6.56. The monoisotopic (exact) mass is 329 g/mol. The number of ether oxygens (including phenoxy) is 1. The topological polar surface area (TPSA) is 55.4 Å². The van der Waals surface area contributed by atoms with Gasteiger partial charge in [0.1, 0.15) is 6.61 Å². The molecule has 0 unspecified atom stereocenters. The first-order valence-corrected chi connectivity index (χ1v) is 8.24. The van der Waals surface area contributed by atoms with Crippen LogP contribution in [0, 0.1) is 0 Å². The third-order valence-corrected chi connectivity index (χ3v) is 4.14. The fraction of sp³-hybridized carbons (Fsp3) is 0.222. The van der Waals surface area contributed by atoms with Crippen molar-refractivity contribution in [2.45, 2.75) is 20.0 Å². The molecule has 0 aliphatic rings. The number of rotatable bonds is 7. The van der Waals surface area contributed by atoms with Crippen LogP contribution < -0.4 is 5.32 Å². The van der Waals surface area contributed by atoms with Gasteiger partial charge in [0, 0.05) is 6.54 Å². The molecule has 1 aromatic carbocycles. The number of thiophene rings is 1. The highest BCUT2D eigenvalue weighted by atomic mass is 32.1. The van der Waals surface area contributed by atoms with Gasteiger partial charge in [0.2, 0.25) is 0 Å². The number of amides is 1. The van der Waals surface area contributed by atoms with Gasteiger partial charge >= 0.3 is 6.09 Å². The van der Waals surface area contributed by atoms with E-state index in [1.807, 2.05) is 53.9 Å². The SMILES string of the molecule is CC(=O)c1sccc1C=CCCNC(=O)OCc1ccccc1. The van der Waals surface area contributed by atoms with Crippen molar-refractivity contribution in [3.63, 3.8) is 0 Å². The predicted molar refractivity (Wildman–Crippen MR) is 92.6 cm³/mol. The summed E-state index contributed by atoms with van der Waals surface area (Å²) in [6.45, 7) is 2.32. The van der Waals surface area contributed by atoms with E-state index in [2.05, 4.69) is 5.32 Å². The number of carbonyl (C=O) groups is 2. The Morgan fingerprint density at radius 1 is 1.22 bits per heavy atom. The Morgan fingerprint density at radius 3 is 2.74 bits per heavy atom. The van der Waals surface area contributed by atoms with Gasteiger partial charge < -0.3 is 10.1 Å². The Bertz CT molecular complexity index is 677. The molecule has 0 fully saturated rings. The molecular formula is C18H19NO3S. The van der Waals surface area contributed by atoms with Gasteiger partial charge in [-0.3, -0.25) is 4.79 Å². The lowest BCUT2D eigenvalue weighted by molar-refractivity contribution is 0.102. The lowest BCUT2D eigenvalue weighted by Gasteiger charge is -2.05. The summed E-state index contributed by atoms with van der Waals surface area (Å²) in [5, 5.41) is 4.59. The first kappa shape index (κ1) is 17.0. The zero-order chi connectivity index (χ0) is 16.5. The summed E-state index contributed by atoms with van der Waals surface area (Å²) in [6.07, 6.45) is 4.09. The summed E-state index contributed by atoms with van der Waals surface area (Å²) in [4.78, 5) is 23.7. The van der Waals surface area contributed by atoms with Gasteiger partial charge in [-0.05, 0) is 35.9 Å². The molecule has 0 radical (unpaired) electrons. The maximum absolute atomic E-state index is 11.6. The lowest BCUT2D eigenvalue weighted by Crippen LogP contribution is -2.24. The fourth-order valence-electron chi connectivity index (χ4n) is 1.98. The van der Waals surface area contributed by atoms with Crippen LogP contribution in [0.2, 0.25) is 0 Å². The first-order valence-electron chi connectivity index (χ1n) is 7.36. The van der Waals surface area contributed by atoms with E-state index in [-0.39, 0.29) is 12.4 Å². The normalized spacial score (nSPS) is 10.7. The molecule has 0 aliphatic heterocycles. The van der Waals surface area contributed by atoms with E-state index in [0.717, 1.165) is 16.0 Å². The van der Waals surface area contributed by atoms with E-state index in [9.17, 15) is 9.59 Å². The molecule has 120 valence electrons. The van der Waals surface area contributed by atoms with Gasteiger partial charge in [-0.1, -0.05) is 42.5 Å². The Hall–Kier alpha value is -2.40. The molecular weight excluding hydrogens is 310 g/mol. The molecule has 1 heterocycles. The molecule has 1 aromatic heterocycles. The van der Waals surface area contributed by atoms with Crippen LogP contribution in [0.5, 0.6) is 0 Å². The first-order chi connectivity index (χ1) is 11.2. The van der Waals surface area contributed by atoms with Gasteiger partial charge in [0.05, 0.1) is 4.88 Å². The van der Waals surface area contributed by atoms with Crippen LogP contribution in [0.25, 0.3) is 6.08 Å². The number of Topliss-reactive ketones (excluding diaryl/α,β-unsaturated/α-hetero) is 1. The van der Waals surface area contributed by atoms with Crippen LogP contribution in [-0.4, -0.2) is 18.4 Å². The molecule has 5 heteroatoms. The number of hydrogen-bond acceptors (Lipinski definition) is 4. The van der Waals surface area contributed by atoms with Crippen molar-refractivity contribution >= 4 is 29.3 Å². The molecule has 2 aromatic rings. The highest BCUT2D eigenvalue weighted by Gasteiger charge is 2.05. The molecule has 0 spiro atoms. The molecule has 4 nitrogen and oxygen atoms in total. The minimum Gasteiger partial charge on any atom is -0.445 e. The summed E-state index contributed by atoms with van der Waals surface area (Å²) in [7, 11) is 0. The van der Waals surface area contributed by atoms with Crippen LogP contribution in [-0.2, 0) is 11.3 Å². The van der Waals surface area contributed by atoms with Crippen molar-refractivity contribution < 1.29 is 14.3 Å². The molecule has 1 N–H and O–H groups in total. The lowest BCUT2D eigenvalue weighted by atomic mass is 10.2. The maximum Gasteiger partial charge on any atom is 0.407 e. The number of hydrogen-bond donors (Lipinski definition) is 1. The van der Waals surface area contributed by atoms with Crippen molar-refractivity contribution in [3.05, 3.63) is 63.9 Å². The summed E-state index contributed by atoms with van der Waals surface area (Å²) in [5.74, 6) is 0.0715. The maximum atomic E-state index is 11.6. The average Bonchev–Trinajstić information content (AvgIpc) is 3.02. The van der Waals surface area contributed by atoms with Crippen molar-refractivity contribution in [3.8, 4) is 0 Å². The summed E-state index contributed by atoms with van der Waals surface area (Å²) in [6, 6.07) is 11.5. The van der Waals surface area contributed by atoms with E-state index in [1.54, 1.807) is 6.92 Å². The predicted octanol–water partition coefficient (Wildman–Crippen LogP) is 4.28. The minimum atomic E-state index is -0.429. The second kappa shape index (κ2) is 8.90. The van der Waals surface area contributed by atoms with Gasteiger partial charge in [0.15, 0.2) is 5.78 Å². The molecule has 0 bridgehead atoms. The molecule has 0 saturated heterocycles. The van der Waals surface area contributed by atoms with E-state index in [1.165, 1.54) is 11.3 Å². The fourth-order valence-corrected chi connectivity index (χ4v) is 2.77. The summed E-state index contributed by atoms with van der Waals surface area (Å²) < 4.78 is 5.11. The minimum absolute atomic E-state index is 0.0715. The molecule has 0 aliphatic carbocycles. The van der Waals surface area contributed by atoms with E-state index in [4.69, 9.17) is 4.74 Å². The largest absolute Gasteiger partial charge is 0.445 e. The Balaban J connectivity index is 1.66. The van der Waals surface area contributed by atoms with Crippen LogP contribution in [0.15, 0.2) is 47.9 Å². The Morgan fingerprint density at radius 2 is 2.00 bits per heavy atom. The van der Waals surface area contributed by atoms with Crippen LogP contribution in [0.4, 0.5) is 4.79 Å². The molecule has 0 atom stereocenters. The standard InChI is InChI=1S/C18H19NO3S/c1-14(20)17-16(10-12-23-17)9-5-6-11-19-18(21)22-13-15-7-3-2-4-8-15/h2-5,7-10,12H,6,11,13H2,1H3,(H,19,21). The number of alkyl carbamates (subject to hydrolysis) is 1. The second-order valence-electron chi connectivity index (χ2n) is 4.94. The highest BCUT2D eigenvalue weighted by molar-refractivity contribution is 7.12. The highest BCUT2D eigenvalue weighted by Crippen LogP contribution is 2.18.